The number of amides is 1. The molecule has 0 aliphatic rings. The number of hydrogen-bond donors (Lipinski definition) is 1. The van der Waals surface area contributed by atoms with Crippen molar-refractivity contribution < 1.29 is 9.53 Å². The van der Waals surface area contributed by atoms with Crippen molar-refractivity contribution in [2.24, 2.45) is 0 Å². The Labute approximate surface area is 158 Å². The van der Waals surface area contributed by atoms with E-state index in [9.17, 15) is 4.79 Å². The van der Waals surface area contributed by atoms with Gasteiger partial charge in [0.2, 0.25) is 5.91 Å². The van der Waals surface area contributed by atoms with Gasteiger partial charge in [0.25, 0.3) is 0 Å². The molecule has 0 aliphatic heterocycles. The number of thiazole rings is 1. The second-order valence-electron chi connectivity index (χ2n) is 6.30. The summed E-state index contributed by atoms with van der Waals surface area (Å²) in [6.45, 7) is 3.28. The molecule has 2 aromatic carbocycles. The van der Waals surface area contributed by atoms with Crippen LogP contribution in [0.25, 0.3) is 10.2 Å². The van der Waals surface area contributed by atoms with Crippen LogP contribution >= 0.6 is 11.3 Å². The minimum atomic E-state index is 0.0853. The molecule has 0 atom stereocenters. The molecule has 26 heavy (non-hydrogen) atoms. The van der Waals surface area contributed by atoms with Crippen LogP contribution in [-0.2, 0) is 11.2 Å². The van der Waals surface area contributed by atoms with E-state index in [1.807, 2.05) is 49.4 Å². The molecule has 136 valence electrons. The Balaban J connectivity index is 1.28. The number of nitrogens with one attached hydrogen (secondary N) is 1. The van der Waals surface area contributed by atoms with E-state index in [0.29, 0.717) is 19.6 Å². The summed E-state index contributed by atoms with van der Waals surface area (Å²) in [6, 6.07) is 16.1. The molecule has 0 spiro atoms. The lowest BCUT2D eigenvalue weighted by atomic mass is 10.2. The Kier molecular flexibility index (Phi) is 6.61. The van der Waals surface area contributed by atoms with E-state index >= 15 is 0 Å². The van der Waals surface area contributed by atoms with Gasteiger partial charge in [0.05, 0.1) is 21.8 Å². The van der Waals surface area contributed by atoms with Gasteiger partial charge in [-0.3, -0.25) is 4.79 Å². The first-order valence-electron chi connectivity index (χ1n) is 9.01. The van der Waals surface area contributed by atoms with Gasteiger partial charge in [-0.1, -0.05) is 24.3 Å². The highest BCUT2D eigenvalue weighted by atomic mass is 32.1. The minimum Gasteiger partial charge on any atom is -0.494 e. The molecule has 1 heterocycles. The van der Waals surface area contributed by atoms with Crippen LogP contribution < -0.4 is 10.1 Å². The molecule has 0 radical (unpaired) electrons. The maximum absolute atomic E-state index is 11.9. The first-order chi connectivity index (χ1) is 12.7. The SMILES string of the molecule is Cc1cccc(OCCCC(=O)NCCCc2nc3ccccc3s2)c1. The molecule has 3 aromatic rings. The smallest absolute Gasteiger partial charge is 0.220 e. The second kappa shape index (κ2) is 9.34. The van der Waals surface area contributed by atoms with Crippen molar-refractivity contribution in [1.29, 1.82) is 0 Å². The highest BCUT2D eigenvalue weighted by molar-refractivity contribution is 7.18. The summed E-state index contributed by atoms with van der Waals surface area (Å²) < 4.78 is 6.88. The number of aromatic nitrogens is 1. The third-order valence-electron chi connectivity index (χ3n) is 4.03. The Morgan fingerprint density at radius 3 is 2.88 bits per heavy atom. The predicted octanol–water partition coefficient (Wildman–Crippen LogP) is 4.51. The topological polar surface area (TPSA) is 51.2 Å². The fraction of sp³-hybridized carbons (Fsp3) is 0.333. The molecular weight excluding hydrogens is 344 g/mol. The van der Waals surface area contributed by atoms with Crippen molar-refractivity contribution in [2.45, 2.75) is 32.6 Å². The van der Waals surface area contributed by atoms with E-state index in [1.54, 1.807) is 11.3 Å². The van der Waals surface area contributed by atoms with Crippen LogP contribution in [0.5, 0.6) is 5.75 Å². The van der Waals surface area contributed by atoms with Crippen LogP contribution in [0.15, 0.2) is 48.5 Å². The molecule has 0 aliphatic carbocycles. The van der Waals surface area contributed by atoms with E-state index in [-0.39, 0.29) is 5.91 Å². The molecule has 1 N–H and O–H groups in total. The molecule has 5 heteroatoms. The molecule has 0 bridgehead atoms. The molecule has 3 rings (SSSR count). The number of benzene rings is 2. The Bertz CT molecular complexity index is 827. The van der Waals surface area contributed by atoms with Crippen molar-refractivity contribution in [3.8, 4) is 5.75 Å². The maximum atomic E-state index is 11.9. The highest BCUT2D eigenvalue weighted by Gasteiger charge is 2.04. The van der Waals surface area contributed by atoms with Gasteiger partial charge < -0.3 is 10.1 Å². The summed E-state index contributed by atoms with van der Waals surface area (Å²) >= 11 is 1.73. The summed E-state index contributed by atoms with van der Waals surface area (Å²) in [5.74, 6) is 0.948. The largest absolute Gasteiger partial charge is 0.494 e. The summed E-state index contributed by atoms with van der Waals surface area (Å²) in [5, 5.41) is 4.11. The first kappa shape index (κ1) is 18.4. The van der Waals surface area contributed by atoms with Crippen LogP contribution in [-0.4, -0.2) is 24.0 Å². The fourth-order valence-corrected chi connectivity index (χ4v) is 3.72. The quantitative estimate of drug-likeness (QED) is 0.565. The number of carbonyl (C=O) groups excluding carboxylic acids is 1. The minimum absolute atomic E-state index is 0.0853. The number of rotatable bonds is 9. The Hall–Kier alpha value is -2.40. The number of carbonyl (C=O) groups is 1. The van der Waals surface area contributed by atoms with Gasteiger partial charge in [-0.2, -0.15) is 0 Å². The number of aryl methyl sites for hydroxylation is 2. The van der Waals surface area contributed by atoms with Crippen molar-refractivity contribution in [1.82, 2.24) is 10.3 Å². The molecular formula is C21H24N2O2S. The number of hydrogen-bond acceptors (Lipinski definition) is 4. The van der Waals surface area contributed by atoms with Crippen LogP contribution in [0.3, 0.4) is 0 Å². The molecule has 4 nitrogen and oxygen atoms in total. The van der Waals surface area contributed by atoms with Gasteiger partial charge in [-0.15, -0.1) is 11.3 Å². The lowest BCUT2D eigenvalue weighted by molar-refractivity contribution is -0.121. The van der Waals surface area contributed by atoms with Gasteiger partial charge in [-0.25, -0.2) is 4.98 Å². The second-order valence-corrected chi connectivity index (χ2v) is 7.41. The Morgan fingerprint density at radius 2 is 2.04 bits per heavy atom. The monoisotopic (exact) mass is 368 g/mol. The first-order valence-corrected chi connectivity index (χ1v) is 9.83. The van der Waals surface area contributed by atoms with Gasteiger partial charge in [0.15, 0.2) is 0 Å². The van der Waals surface area contributed by atoms with Gasteiger partial charge in [-0.05, 0) is 49.6 Å². The molecule has 1 aromatic heterocycles. The predicted molar refractivity (Wildman–Crippen MR) is 107 cm³/mol. The van der Waals surface area contributed by atoms with Crippen LogP contribution in [0.1, 0.15) is 29.8 Å². The summed E-state index contributed by atoms with van der Waals surface area (Å²) in [7, 11) is 0. The van der Waals surface area contributed by atoms with Crippen molar-refractivity contribution >= 4 is 27.5 Å². The molecule has 0 fully saturated rings. The lowest BCUT2D eigenvalue weighted by Gasteiger charge is -2.07. The van der Waals surface area contributed by atoms with E-state index in [2.05, 4.69) is 16.4 Å². The molecule has 0 unspecified atom stereocenters. The van der Waals surface area contributed by atoms with Gasteiger partial charge in [0.1, 0.15) is 5.75 Å². The average Bonchev–Trinajstić information content (AvgIpc) is 3.05. The number of nitrogens with zero attached hydrogens (tertiary/aromatic N) is 1. The van der Waals surface area contributed by atoms with E-state index in [0.717, 1.165) is 35.5 Å². The van der Waals surface area contributed by atoms with E-state index in [1.165, 1.54) is 10.3 Å². The third-order valence-corrected chi connectivity index (χ3v) is 5.13. The lowest BCUT2D eigenvalue weighted by Crippen LogP contribution is -2.24. The van der Waals surface area contributed by atoms with Crippen molar-refractivity contribution in [3.63, 3.8) is 0 Å². The Morgan fingerprint density at radius 1 is 1.15 bits per heavy atom. The van der Waals surface area contributed by atoms with Crippen LogP contribution in [0, 0.1) is 6.92 Å². The van der Waals surface area contributed by atoms with Crippen molar-refractivity contribution in [3.05, 3.63) is 59.1 Å². The summed E-state index contributed by atoms with van der Waals surface area (Å²) in [5.41, 5.74) is 2.23. The number of ether oxygens (including phenoxy) is 1. The summed E-state index contributed by atoms with van der Waals surface area (Å²) in [6.07, 6.45) is 3.02. The molecule has 0 saturated carbocycles. The standard InChI is InChI=1S/C21H24N2O2S/c1-16-7-4-8-17(15-16)25-14-6-11-20(24)22-13-5-12-21-23-18-9-2-3-10-19(18)26-21/h2-4,7-10,15H,5-6,11-14H2,1H3,(H,22,24). The maximum Gasteiger partial charge on any atom is 0.220 e. The zero-order valence-electron chi connectivity index (χ0n) is 15.0. The normalized spacial score (nSPS) is 10.8. The van der Waals surface area contributed by atoms with Gasteiger partial charge >= 0.3 is 0 Å². The third kappa shape index (κ3) is 5.56. The average molecular weight is 369 g/mol. The van der Waals surface area contributed by atoms with E-state index < -0.39 is 0 Å². The molecule has 0 saturated heterocycles. The summed E-state index contributed by atoms with van der Waals surface area (Å²) in [4.78, 5) is 16.5. The van der Waals surface area contributed by atoms with Crippen LogP contribution in [0.4, 0.5) is 0 Å². The fourth-order valence-electron chi connectivity index (χ4n) is 2.71. The number of para-hydroxylation sites is 1. The van der Waals surface area contributed by atoms with Crippen molar-refractivity contribution in [2.75, 3.05) is 13.2 Å². The highest BCUT2D eigenvalue weighted by Crippen LogP contribution is 2.22. The zero-order valence-corrected chi connectivity index (χ0v) is 15.8. The van der Waals surface area contributed by atoms with E-state index in [4.69, 9.17) is 4.74 Å². The van der Waals surface area contributed by atoms with Gasteiger partial charge in [0, 0.05) is 19.4 Å². The van der Waals surface area contributed by atoms with Crippen LogP contribution in [0.2, 0.25) is 0 Å². The molecule has 1 amide bonds. The number of fused-ring (bicyclic) bond motifs is 1. The zero-order chi connectivity index (χ0) is 18.2.